The summed E-state index contributed by atoms with van der Waals surface area (Å²) < 4.78 is 0. The van der Waals surface area contributed by atoms with E-state index in [0.717, 1.165) is 30.2 Å². The molecule has 114 valence electrons. The Bertz CT molecular complexity index is 567. The predicted octanol–water partition coefficient (Wildman–Crippen LogP) is 1.59. The minimum atomic E-state index is -0.0114. The molecule has 0 aliphatic carbocycles. The summed E-state index contributed by atoms with van der Waals surface area (Å²) >= 11 is 1.51. The first-order valence-electron chi connectivity index (χ1n) is 6.73. The van der Waals surface area contributed by atoms with E-state index in [1.54, 1.807) is 6.07 Å². The first kappa shape index (κ1) is 16.1. The Morgan fingerprint density at radius 3 is 3.00 bits per heavy atom. The van der Waals surface area contributed by atoms with Gasteiger partial charge in [-0.25, -0.2) is 0 Å². The number of benzene rings is 1. The van der Waals surface area contributed by atoms with E-state index in [2.05, 4.69) is 10.6 Å². The van der Waals surface area contributed by atoms with E-state index in [1.807, 2.05) is 24.0 Å². The Balaban J connectivity index is 0.00000161. The van der Waals surface area contributed by atoms with Gasteiger partial charge in [0.05, 0.1) is 11.4 Å². The first-order chi connectivity index (χ1) is 9.65. The van der Waals surface area contributed by atoms with Gasteiger partial charge in [-0.05, 0) is 25.1 Å². The van der Waals surface area contributed by atoms with Crippen LogP contribution in [0.4, 0.5) is 5.69 Å². The quantitative estimate of drug-likeness (QED) is 0.822. The molecule has 1 aromatic rings. The van der Waals surface area contributed by atoms with Gasteiger partial charge < -0.3 is 15.5 Å². The molecule has 0 bridgehead atoms. The van der Waals surface area contributed by atoms with Crippen molar-refractivity contribution in [3.8, 4) is 0 Å². The van der Waals surface area contributed by atoms with Crippen LogP contribution in [0.25, 0.3) is 0 Å². The fraction of sp³-hybridized carbons (Fsp3) is 0.429. The summed E-state index contributed by atoms with van der Waals surface area (Å²) in [5.74, 6) is 0.462. The van der Waals surface area contributed by atoms with Crippen LogP contribution in [0.2, 0.25) is 0 Å². The van der Waals surface area contributed by atoms with Crippen molar-refractivity contribution in [2.24, 2.45) is 0 Å². The highest BCUT2D eigenvalue weighted by atomic mass is 35.5. The molecule has 3 rings (SSSR count). The largest absolute Gasteiger partial charge is 0.333 e. The van der Waals surface area contributed by atoms with Crippen molar-refractivity contribution in [3.05, 3.63) is 23.8 Å². The van der Waals surface area contributed by atoms with Gasteiger partial charge in [0.25, 0.3) is 5.91 Å². The number of hydrogen-bond acceptors (Lipinski definition) is 4. The lowest BCUT2D eigenvalue weighted by molar-refractivity contribution is -0.113. The summed E-state index contributed by atoms with van der Waals surface area (Å²) in [5.41, 5.74) is 1.39. The minimum Gasteiger partial charge on any atom is -0.333 e. The second-order valence-electron chi connectivity index (χ2n) is 5.10. The Hall–Kier alpha value is -1.24. The standard InChI is InChI=1S/C14H17N3O2S.ClH/c1-9-7-15-4-5-17(9)14(19)10-2-3-12-11(6-10)16-13(18)8-20-12;/h2-3,6,9,15H,4-5,7-8H2,1H3,(H,16,18);1H. The van der Waals surface area contributed by atoms with Gasteiger partial charge in [0.2, 0.25) is 5.91 Å². The second kappa shape index (κ2) is 6.68. The summed E-state index contributed by atoms with van der Waals surface area (Å²) in [6.45, 7) is 4.41. The van der Waals surface area contributed by atoms with Crippen LogP contribution in [0.5, 0.6) is 0 Å². The van der Waals surface area contributed by atoms with Gasteiger partial charge in [-0.2, -0.15) is 0 Å². The number of amides is 2. The summed E-state index contributed by atoms with van der Waals surface area (Å²) in [6.07, 6.45) is 0. The van der Waals surface area contributed by atoms with E-state index >= 15 is 0 Å². The normalized spacial score (nSPS) is 21.1. The van der Waals surface area contributed by atoms with E-state index in [4.69, 9.17) is 0 Å². The molecule has 0 spiro atoms. The van der Waals surface area contributed by atoms with Crippen LogP contribution in [0.1, 0.15) is 17.3 Å². The number of piperazine rings is 1. The summed E-state index contributed by atoms with van der Waals surface area (Å²) in [7, 11) is 0. The maximum absolute atomic E-state index is 12.6. The second-order valence-corrected chi connectivity index (χ2v) is 6.12. The first-order valence-corrected chi connectivity index (χ1v) is 7.72. The summed E-state index contributed by atoms with van der Waals surface area (Å²) in [5, 5.41) is 6.10. The number of halogens is 1. The average molecular weight is 328 g/mol. The van der Waals surface area contributed by atoms with Crippen LogP contribution >= 0.6 is 24.2 Å². The summed E-state index contributed by atoms with van der Waals surface area (Å²) in [4.78, 5) is 26.9. The van der Waals surface area contributed by atoms with Crippen LogP contribution in [0.3, 0.4) is 0 Å². The van der Waals surface area contributed by atoms with Gasteiger partial charge in [-0.1, -0.05) is 0 Å². The van der Waals surface area contributed by atoms with E-state index in [1.165, 1.54) is 11.8 Å². The van der Waals surface area contributed by atoms with Crippen molar-refractivity contribution < 1.29 is 9.59 Å². The van der Waals surface area contributed by atoms with Crippen molar-refractivity contribution in [1.29, 1.82) is 0 Å². The van der Waals surface area contributed by atoms with Crippen LogP contribution < -0.4 is 10.6 Å². The van der Waals surface area contributed by atoms with Gasteiger partial charge in [0.15, 0.2) is 0 Å². The Labute approximate surface area is 134 Å². The van der Waals surface area contributed by atoms with Gasteiger partial charge in [0.1, 0.15) is 0 Å². The molecule has 21 heavy (non-hydrogen) atoms. The summed E-state index contributed by atoms with van der Waals surface area (Å²) in [6, 6.07) is 5.74. The SMILES string of the molecule is CC1CNCCN1C(=O)c1ccc2c(c1)NC(=O)CS2.Cl. The molecule has 2 N–H and O–H groups in total. The monoisotopic (exact) mass is 327 g/mol. The lowest BCUT2D eigenvalue weighted by Crippen LogP contribution is -2.52. The molecule has 0 radical (unpaired) electrons. The van der Waals surface area contributed by atoms with Crippen molar-refractivity contribution in [3.63, 3.8) is 0 Å². The van der Waals surface area contributed by atoms with Gasteiger partial charge in [-0.3, -0.25) is 9.59 Å². The highest BCUT2D eigenvalue weighted by molar-refractivity contribution is 8.00. The van der Waals surface area contributed by atoms with Crippen LogP contribution in [-0.2, 0) is 4.79 Å². The molecule has 0 aromatic heterocycles. The Morgan fingerprint density at radius 1 is 1.43 bits per heavy atom. The molecule has 0 saturated carbocycles. The zero-order valence-corrected chi connectivity index (χ0v) is 13.4. The highest BCUT2D eigenvalue weighted by Gasteiger charge is 2.25. The zero-order valence-electron chi connectivity index (χ0n) is 11.7. The van der Waals surface area contributed by atoms with E-state index in [9.17, 15) is 9.59 Å². The number of hydrogen-bond donors (Lipinski definition) is 2. The Morgan fingerprint density at radius 2 is 2.24 bits per heavy atom. The highest BCUT2D eigenvalue weighted by Crippen LogP contribution is 2.32. The number of carbonyl (C=O) groups excluding carboxylic acids is 2. The molecule has 2 aliphatic heterocycles. The third-order valence-electron chi connectivity index (χ3n) is 3.62. The van der Waals surface area contributed by atoms with Gasteiger partial charge in [-0.15, -0.1) is 24.2 Å². The topological polar surface area (TPSA) is 61.4 Å². The molecule has 2 amide bonds. The number of carbonyl (C=O) groups is 2. The lowest BCUT2D eigenvalue weighted by Gasteiger charge is -2.34. The van der Waals surface area contributed by atoms with Crippen LogP contribution in [0, 0.1) is 0 Å². The minimum absolute atomic E-state index is 0. The maximum atomic E-state index is 12.6. The molecule has 2 heterocycles. The number of fused-ring (bicyclic) bond motifs is 1. The fourth-order valence-corrected chi connectivity index (χ4v) is 3.31. The number of nitrogens with zero attached hydrogens (tertiary/aromatic N) is 1. The molecular weight excluding hydrogens is 310 g/mol. The molecule has 1 saturated heterocycles. The molecule has 7 heteroatoms. The van der Waals surface area contributed by atoms with Crippen LogP contribution in [-0.4, -0.2) is 48.1 Å². The smallest absolute Gasteiger partial charge is 0.254 e. The molecule has 1 atom stereocenters. The molecule has 2 aliphatic rings. The van der Waals surface area contributed by atoms with E-state index in [0.29, 0.717) is 11.3 Å². The van der Waals surface area contributed by atoms with Gasteiger partial charge in [0, 0.05) is 36.1 Å². The maximum Gasteiger partial charge on any atom is 0.254 e. The third-order valence-corrected chi connectivity index (χ3v) is 4.70. The molecule has 1 unspecified atom stereocenters. The van der Waals surface area contributed by atoms with Crippen molar-refractivity contribution in [2.75, 3.05) is 30.7 Å². The average Bonchev–Trinajstić information content (AvgIpc) is 2.46. The van der Waals surface area contributed by atoms with Crippen molar-refractivity contribution in [1.82, 2.24) is 10.2 Å². The molecular formula is C14H18ClN3O2S. The number of anilines is 1. The molecule has 1 fully saturated rings. The zero-order chi connectivity index (χ0) is 14.1. The van der Waals surface area contributed by atoms with Crippen molar-refractivity contribution >= 4 is 41.7 Å². The number of rotatable bonds is 1. The molecule has 5 nitrogen and oxygen atoms in total. The predicted molar refractivity (Wildman–Crippen MR) is 86.4 cm³/mol. The lowest BCUT2D eigenvalue weighted by atomic mass is 10.1. The van der Waals surface area contributed by atoms with E-state index < -0.39 is 0 Å². The third kappa shape index (κ3) is 3.33. The molecule has 1 aromatic carbocycles. The van der Waals surface area contributed by atoms with Gasteiger partial charge >= 0.3 is 0 Å². The fourth-order valence-electron chi connectivity index (χ4n) is 2.52. The van der Waals surface area contributed by atoms with Crippen LogP contribution in [0.15, 0.2) is 23.1 Å². The number of nitrogens with one attached hydrogen (secondary N) is 2. The number of thioether (sulfide) groups is 1. The Kier molecular flexibility index (Phi) is 5.13. The van der Waals surface area contributed by atoms with Crippen molar-refractivity contribution in [2.45, 2.75) is 17.9 Å². The van der Waals surface area contributed by atoms with E-state index in [-0.39, 0.29) is 30.3 Å².